The zero-order valence-electron chi connectivity index (χ0n) is 22.3. The fourth-order valence-corrected chi connectivity index (χ4v) is 3.90. The Morgan fingerprint density at radius 1 is 0.950 bits per heavy atom. The summed E-state index contributed by atoms with van der Waals surface area (Å²) >= 11 is 0. The molecule has 220 valence electrons. The van der Waals surface area contributed by atoms with Crippen molar-refractivity contribution in [2.24, 2.45) is 22.2 Å². The summed E-state index contributed by atoms with van der Waals surface area (Å²) in [6, 6.07) is 1.80. The number of nitrogens with one attached hydrogen (secondary N) is 4. The molecule has 1 aromatic carbocycles. The van der Waals surface area contributed by atoms with E-state index < -0.39 is 60.1 Å². The third-order valence-corrected chi connectivity index (χ3v) is 6.18. The first-order valence-electron chi connectivity index (χ1n) is 12.7. The average molecular weight is 563 g/mol. The van der Waals surface area contributed by atoms with Crippen LogP contribution < -0.4 is 33.2 Å². The Bertz CT molecular complexity index is 1210. The monoisotopic (exact) mass is 562 g/mol. The molecule has 0 saturated carbocycles. The van der Waals surface area contributed by atoms with E-state index in [1.165, 1.54) is 13.8 Å². The molecule has 0 fully saturated rings. The van der Waals surface area contributed by atoms with Crippen molar-refractivity contribution < 1.29 is 34.5 Å². The summed E-state index contributed by atoms with van der Waals surface area (Å²) < 4.78 is 0. The van der Waals surface area contributed by atoms with Crippen LogP contribution in [0.25, 0.3) is 10.9 Å². The number of guanidine groups is 1. The van der Waals surface area contributed by atoms with Crippen molar-refractivity contribution in [2.75, 3.05) is 6.54 Å². The molecule has 0 aliphatic carbocycles. The predicted octanol–water partition coefficient (Wildman–Crippen LogP) is -2.61. The number of fused-ring (bicyclic) bond motifs is 1. The van der Waals surface area contributed by atoms with Crippen LogP contribution in [0.4, 0.5) is 0 Å². The molecule has 2 aromatic rings. The number of carbonyl (C=O) groups is 4. The Balaban J connectivity index is 2.23. The summed E-state index contributed by atoms with van der Waals surface area (Å²) in [6.45, 7) is 2.71. The number of benzene rings is 1. The van der Waals surface area contributed by atoms with Crippen molar-refractivity contribution in [3.63, 3.8) is 0 Å². The molecular weight excluding hydrogens is 524 g/mol. The summed E-state index contributed by atoms with van der Waals surface area (Å²) in [6.07, 6.45) is -0.760. The molecule has 6 atom stereocenters. The molecule has 0 spiro atoms. The number of aliphatic imine (C=N–C) groups is 1. The van der Waals surface area contributed by atoms with E-state index in [1.807, 2.05) is 18.2 Å². The van der Waals surface area contributed by atoms with Crippen molar-refractivity contribution in [1.29, 1.82) is 0 Å². The number of aliphatic hydroxyl groups excluding tert-OH is 2. The molecule has 1 heterocycles. The number of nitrogens with zero attached hydrogens (tertiary/aromatic N) is 1. The normalized spacial score (nSPS) is 15.6. The molecular formula is C25H38N8O7. The average Bonchev–Trinajstić information content (AvgIpc) is 3.29. The number of carboxylic acids is 1. The number of rotatable bonds is 15. The third kappa shape index (κ3) is 9.21. The van der Waals surface area contributed by atoms with Crippen LogP contribution in [-0.2, 0) is 25.6 Å². The lowest BCUT2D eigenvalue weighted by Gasteiger charge is -2.27. The van der Waals surface area contributed by atoms with Crippen LogP contribution in [0.3, 0.4) is 0 Å². The molecule has 3 amide bonds. The lowest BCUT2D eigenvalue weighted by atomic mass is 10.0. The van der Waals surface area contributed by atoms with E-state index in [9.17, 15) is 34.5 Å². The highest BCUT2D eigenvalue weighted by atomic mass is 16.4. The van der Waals surface area contributed by atoms with E-state index >= 15 is 0 Å². The maximum absolute atomic E-state index is 13.4. The molecule has 2 rings (SSSR count). The maximum Gasteiger partial charge on any atom is 0.326 e. The van der Waals surface area contributed by atoms with Gasteiger partial charge in [-0.3, -0.25) is 19.4 Å². The number of hydrogen-bond acceptors (Lipinski definition) is 8. The second-order valence-electron chi connectivity index (χ2n) is 9.47. The van der Waals surface area contributed by atoms with E-state index in [4.69, 9.17) is 17.2 Å². The fourth-order valence-electron chi connectivity index (χ4n) is 3.90. The van der Waals surface area contributed by atoms with Crippen LogP contribution in [-0.4, -0.2) is 92.9 Å². The number of aromatic nitrogens is 1. The van der Waals surface area contributed by atoms with Gasteiger partial charge in [0, 0.05) is 30.1 Å². The first-order valence-corrected chi connectivity index (χ1v) is 12.7. The highest BCUT2D eigenvalue weighted by Crippen LogP contribution is 2.19. The Morgan fingerprint density at radius 3 is 2.20 bits per heavy atom. The fraction of sp³-hybridized carbons (Fsp3) is 0.480. The largest absolute Gasteiger partial charge is 0.480 e. The topological polar surface area (TPSA) is 271 Å². The van der Waals surface area contributed by atoms with E-state index in [-0.39, 0.29) is 31.8 Å². The Kier molecular flexibility index (Phi) is 11.8. The molecule has 6 unspecified atom stereocenters. The second kappa shape index (κ2) is 14.8. The Labute approximate surface area is 230 Å². The molecule has 13 N–H and O–H groups in total. The summed E-state index contributed by atoms with van der Waals surface area (Å²) in [5.74, 6) is -4.07. The lowest BCUT2D eigenvalue weighted by Crippen LogP contribution is -2.60. The first kappa shape index (κ1) is 32.0. The van der Waals surface area contributed by atoms with Crippen molar-refractivity contribution in [1.82, 2.24) is 20.9 Å². The van der Waals surface area contributed by atoms with Crippen LogP contribution in [0.1, 0.15) is 32.3 Å². The van der Waals surface area contributed by atoms with Crippen LogP contribution in [0, 0.1) is 0 Å². The molecule has 0 aliphatic heterocycles. The van der Waals surface area contributed by atoms with Gasteiger partial charge >= 0.3 is 5.97 Å². The van der Waals surface area contributed by atoms with Gasteiger partial charge in [-0.05, 0) is 38.3 Å². The number of aromatic amines is 1. The number of aliphatic hydroxyl groups is 2. The van der Waals surface area contributed by atoms with Gasteiger partial charge in [-0.2, -0.15) is 0 Å². The van der Waals surface area contributed by atoms with Gasteiger partial charge in [0.15, 0.2) is 5.96 Å². The zero-order chi connectivity index (χ0) is 30.0. The minimum atomic E-state index is -1.56. The van der Waals surface area contributed by atoms with Gasteiger partial charge in [0.2, 0.25) is 17.7 Å². The van der Waals surface area contributed by atoms with Gasteiger partial charge < -0.3 is 53.5 Å². The highest BCUT2D eigenvalue weighted by Gasteiger charge is 2.33. The number of carbonyl (C=O) groups excluding carboxylic acids is 3. The lowest BCUT2D eigenvalue weighted by molar-refractivity contribution is -0.143. The van der Waals surface area contributed by atoms with Gasteiger partial charge in [0.1, 0.15) is 24.2 Å². The number of para-hydroxylation sites is 1. The molecule has 15 nitrogen and oxygen atoms in total. The number of hydrogen-bond donors (Lipinski definition) is 10. The minimum Gasteiger partial charge on any atom is -0.480 e. The Hall–Kier alpha value is -4.21. The van der Waals surface area contributed by atoms with Crippen LogP contribution >= 0.6 is 0 Å². The standard InChI is InChI=1S/C25H38N8O7/c1-12(34)19(26)22(37)32-18(10-14-11-30-16-7-4-3-6-15(14)16)21(36)33-20(13(2)35)23(38)31-17(24(39)40)8-5-9-29-25(27)28/h3-4,6-7,11-13,17-20,30,34-35H,5,8-10,26H2,1-2H3,(H,31,38)(H,32,37)(H,33,36)(H,39,40)(H4,27,28,29). The Morgan fingerprint density at radius 2 is 1.60 bits per heavy atom. The summed E-state index contributed by atoms with van der Waals surface area (Å²) in [4.78, 5) is 57.5. The van der Waals surface area contributed by atoms with Gasteiger partial charge in [0.25, 0.3) is 0 Å². The number of carboxylic acid groups (broad SMARTS) is 1. The maximum atomic E-state index is 13.4. The number of amides is 3. The molecule has 0 saturated heterocycles. The second-order valence-corrected chi connectivity index (χ2v) is 9.47. The minimum absolute atomic E-state index is 0.0190. The summed E-state index contributed by atoms with van der Waals surface area (Å²) in [5.41, 5.74) is 17.7. The summed E-state index contributed by atoms with van der Waals surface area (Å²) in [5, 5.41) is 37.5. The van der Waals surface area contributed by atoms with Crippen molar-refractivity contribution >= 4 is 40.6 Å². The predicted molar refractivity (Wildman–Crippen MR) is 147 cm³/mol. The van der Waals surface area contributed by atoms with Crippen LogP contribution in [0.15, 0.2) is 35.5 Å². The molecule has 0 aliphatic rings. The van der Waals surface area contributed by atoms with E-state index in [2.05, 4.69) is 25.9 Å². The van der Waals surface area contributed by atoms with E-state index in [0.29, 0.717) is 5.56 Å². The summed E-state index contributed by atoms with van der Waals surface area (Å²) in [7, 11) is 0. The zero-order valence-corrected chi connectivity index (χ0v) is 22.3. The van der Waals surface area contributed by atoms with Gasteiger partial charge in [-0.1, -0.05) is 18.2 Å². The smallest absolute Gasteiger partial charge is 0.326 e. The molecule has 40 heavy (non-hydrogen) atoms. The SMILES string of the molecule is CC(O)C(N)C(=O)NC(Cc1c[nH]c2ccccc12)C(=O)NC(C(=O)NC(CCCN=C(N)N)C(=O)O)C(C)O. The van der Waals surface area contributed by atoms with E-state index in [0.717, 1.165) is 10.9 Å². The van der Waals surface area contributed by atoms with Crippen molar-refractivity contribution in [3.05, 3.63) is 36.0 Å². The quantitative estimate of drug-likeness (QED) is 0.0613. The first-order chi connectivity index (χ1) is 18.8. The van der Waals surface area contributed by atoms with Crippen LogP contribution in [0.2, 0.25) is 0 Å². The van der Waals surface area contributed by atoms with Crippen molar-refractivity contribution in [2.45, 2.75) is 69.5 Å². The number of nitrogens with two attached hydrogens (primary N) is 3. The third-order valence-electron chi connectivity index (χ3n) is 6.18. The van der Waals surface area contributed by atoms with Gasteiger partial charge in [-0.15, -0.1) is 0 Å². The molecule has 1 aromatic heterocycles. The number of aliphatic carboxylic acids is 1. The van der Waals surface area contributed by atoms with Crippen LogP contribution in [0.5, 0.6) is 0 Å². The van der Waals surface area contributed by atoms with Crippen molar-refractivity contribution in [3.8, 4) is 0 Å². The molecule has 15 heteroatoms. The highest BCUT2D eigenvalue weighted by molar-refractivity contribution is 5.95. The van der Waals surface area contributed by atoms with Gasteiger partial charge in [-0.25, -0.2) is 4.79 Å². The van der Waals surface area contributed by atoms with E-state index in [1.54, 1.807) is 12.3 Å². The molecule has 0 radical (unpaired) electrons. The molecule has 0 bridgehead atoms. The number of H-pyrrole nitrogens is 1. The van der Waals surface area contributed by atoms with Gasteiger partial charge in [0.05, 0.1) is 12.2 Å².